The molecule has 0 saturated heterocycles. The van der Waals surface area contributed by atoms with E-state index in [1.807, 2.05) is 0 Å². The number of nitrogens with zero attached hydrogens (tertiary/aromatic N) is 1. The van der Waals surface area contributed by atoms with E-state index in [0.717, 1.165) is 11.3 Å². The fraction of sp³-hybridized carbons (Fsp3) is 0.200. The molecule has 72 valence electrons. The van der Waals surface area contributed by atoms with E-state index in [9.17, 15) is 18.9 Å². The third-order valence-electron chi connectivity index (χ3n) is 1.21. The van der Waals surface area contributed by atoms with Crippen LogP contribution in [0.5, 0.6) is 0 Å². The molecule has 0 radical (unpaired) electrons. The van der Waals surface area contributed by atoms with Gasteiger partial charge < -0.3 is 4.55 Å². The summed E-state index contributed by atoms with van der Waals surface area (Å²) in [6.45, 7) is 0. The van der Waals surface area contributed by atoms with Crippen molar-refractivity contribution < 1.29 is 13.7 Å². The number of halogens is 1. The molecule has 0 amide bonds. The van der Waals surface area contributed by atoms with Gasteiger partial charge in [-0.2, -0.15) is 0 Å². The van der Waals surface area contributed by atoms with Crippen LogP contribution in [0, 0.1) is 10.1 Å². The van der Waals surface area contributed by atoms with Crippen LogP contribution in [0.1, 0.15) is 10.3 Å². The van der Waals surface area contributed by atoms with Gasteiger partial charge in [-0.1, -0.05) is 11.6 Å². The first kappa shape index (κ1) is 10.6. The van der Waals surface area contributed by atoms with Gasteiger partial charge in [0, 0.05) is 16.0 Å². The molecule has 5 nitrogen and oxygen atoms in total. The summed E-state index contributed by atoms with van der Waals surface area (Å²) in [4.78, 5) is 9.57. The largest absolute Gasteiger partial charge is 0.767 e. The first-order chi connectivity index (χ1) is 6.02. The average Bonchev–Trinajstić information content (AvgIpc) is 2.34. The van der Waals surface area contributed by atoms with Crippen molar-refractivity contribution in [1.29, 1.82) is 0 Å². The molecule has 0 bridgehead atoms. The van der Waals surface area contributed by atoms with Crippen LogP contribution in [-0.4, -0.2) is 13.7 Å². The molecule has 1 rings (SSSR count). The number of nitro groups is 1. The zero-order chi connectivity index (χ0) is 10.0. The third-order valence-corrected chi connectivity index (χ3v) is 3.43. The van der Waals surface area contributed by atoms with E-state index in [-0.39, 0.29) is 4.88 Å². The Bertz CT molecular complexity index is 338. The predicted octanol–water partition coefficient (Wildman–Crippen LogP) is 1.56. The molecule has 0 fully saturated rings. The maximum Gasteiger partial charge on any atom is 0.307 e. The first-order valence-corrected chi connectivity index (χ1v) is 5.32. The number of hydrogen-bond donors (Lipinski definition) is 0. The maximum absolute atomic E-state index is 10.5. The van der Waals surface area contributed by atoms with Gasteiger partial charge in [-0.3, -0.25) is 14.3 Å². The van der Waals surface area contributed by atoms with Crippen molar-refractivity contribution in [2.45, 2.75) is 5.37 Å². The molecule has 1 aromatic rings. The van der Waals surface area contributed by atoms with E-state index in [4.69, 9.17) is 11.6 Å². The van der Waals surface area contributed by atoms with Crippen LogP contribution in [0.3, 0.4) is 0 Å². The van der Waals surface area contributed by atoms with Crippen LogP contribution in [0.25, 0.3) is 0 Å². The minimum absolute atomic E-state index is 0.114. The summed E-state index contributed by atoms with van der Waals surface area (Å²) in [7, 11) is 0. The molecule has 2 unspecified atom stereocenters. The summed E-state index contributed by atoms with van der Waals surface area (Å²) in [5.41, 5.74) is 0. The SMILES string of the molecule is O=[N+]([O-])C(c1ccc(Cl)s1)S(=O)[O-]. The monoisotopic (exact) mass is 240 g/mol. The van der Waals surface area contributed by atoms with Crippen molar-refractivity contribution in [1.82, 2.24) is 0 Å². The van der Waals surface area contributed by atoms with Crippen LogP contribution in [0.2, 0.25) is 4.34 Å². The van der Waals surface area contributed by atoms with Crippen molar-refractivity contribution in [3.05, 3.63) is 31.5 Å². The third kappa shape index (κ3) is 2.47. The molecule has 0 saturated carbocycles. The zero-order valence-electron chi connectivity index (χ0n) is 6.01. The number of thiophene rings is 1. The van der Waals surface area contributed by atoms with Crippen LogP contribution >= 0.6 is 22.9 Å². The van der Waals surface area contributed by atoms with E-state index in [0.29, 0.717) is 4.34 Å². The van der Waals surface area contributed by atoms with Crippen LogP contribution < -0.4 is 0 Å². The molecule has 0 aliphatic rings. The fourth-order valence-corrected chi connectivity index (χ4v) is 2.53. The highest BCUT2D eigenvalue weighted by Crippen LogP contribution is 2.29. The molecule has 0 aromatic carbocycles. The summed E-state index contributed by atoms with van der Waals surface area (Å²) in [6, 6.07) is 2.75. The van der Waals surface area contributed by atoms with E-state index < -0.39 is 21.4 Å². The minimum Gasteiger partial charge on any atom is -0.767 e. The second-order valence-corrected chi connectivity index (χ2v) is 4.75. The van der Waals surface area contributed by atoms with Crippen molar-refractivity contribution in [2.75, 3.05) is 0 Å². The molecule has 1 heterocycles. The highest BCUT2D eigenvalue weighted by molar-refractivity contribution is 7.79. The molecule has 2 atom stereocenters. The van der Waals surface area contributed by atoms with E-state index >= 15 is 0 Å². The molecular formula is C5H3ClNO4S2-. The lowest BCUT2D eigenvalue weighted by atomic mass is 10.5. The standard InChI is InChI=1S/C5H4ClNO4S2/c6-4-2-1-3(12-4)5(7(8)9)13(10)11/h1-2,5H,(H,10,11)/p-1. The summed E-state index contributed by atoms with van der Waals surface area (Å²) < 4.78 is 21.3. The van der Waals surface area contributed by atoms with Gasteiger partial charge in [-0.05, 0) is 12.1 Å². The van der Waals surface area contributed by atoms with Crippen LogP contribution in [0.4, 0.5) is 0 Å². The quantitative estimate of drug-likeness (QED) is 0.456. The summed E-state index contributed by atoms with van der Waals surface area (Å²) in [5.74, 6) is 0. The van der Waals surface area contributed by atoms with E-state index in [2.05, 4.69) is 0 Å². The van der Waals surface area contributed by atoms with Crippen molar-refractivity contribution in [3.63, 3.8) is 0 Å². The van der Waals surface area contributed by atoms with Gasteiger partial charge in [0.25, 0.3) is 0 Å². The van der Waals surface area contributed by atoms with Crippen molar-refractivity contribution >= 4 is 34.0 Å². The normalized spacial score (nSPS) is 15.2. The number of hydrogen-bond acceptors (Lipinski definition) is 5. The second kappa shape index (κ2) is 4.14. The van der Waals surface area contributed by atoms with Crippen molar-refractivity contribution in [2.24, 2.45) is 0 Å². The molecular weight excluding hydrogens is 238 g/mol. The summed E-state index contributed by atoms with van der Waals surface area (Å²) >= 11 is 3.62. The van der Waals surface area contributed by atoms with Gasteiger partial charge in [0.2, 0.25) is 0 Å². The van der Waals surface area contributed by atoms with Gasteiger partial charge in [-0.15, -0.1) is 11.3 Å². The van der Waals surface area contributed by atoms with Gasteiger partial charge >= 0.3 is 5.37 Å². The van der Waals surface area contributed by atoms with Gasteiger partial charge in [0.05, 0.1) is 9.21 Å². The second-order valence-electron chi connectivity index (χ2n) is 2.04. The minimum atomic E-state index is -2.77. The van der Waals surface area contributed by atoms with Crippen LogP contribution in [-0.2, 0) is 11.1 Å². The lowest BCUT2D eigenvalue weighted by Crippen LogP contribution is -2.14. The van der Waals surface area contributed by atoms with Gasteiger partial charge in [-0.25, -0.2) is 0 Å². The first-order valence-electron chi connectivity index (χ1n) is 2.99. The fourth-order valence-electron chi connectivity index (χ4n) is 0.730. The summed E-state index contributed by atoms with van der Waals surface area (Å²) in [5, 5.41) is 8.62. The molecule has 0 spiro atoms. The zero-order valence-corrected chi connectivity index (χ0v) is 8.40. The number of rotatable bonds is 3. The smallest absolute Gasteiger partial charge is 0.307 e. The Hall–Kier alpha value is -0.500. The summed E-state index contributed by atoms with van der Waals surface area (Å²) in [6.07, 6.45) is 0. The Morgan fingerprint density at radius 3 is 2.54 bits per heavy atom. The Labute approximate surface area is 84.8 Å². The molecule has 0 N–H and O–H groups in total. The topological polar surface area (TPSA) is 83.3 Å². The maximum atomic E-state index is 10.5. The van der Waals surface area contributed by atoms with Crippen molar-refractivity contribution in [3.8, 4) is 0 Å². The predicted molar refractivity (Wildman–Crippen MR) is 48.0 cm³/mol. The van der Waals surface area contributed by atoms with Gasteiger partial charge in [0.15, 0.2) is 0 Å². The highest BCUT2D eigenvalue weighted by atomic mass is 35.5. The van der Waals surface area contributed by atoms with Gasteiger partial charge in [0.1, 0.15) is 0 Å². The Kier molecular flexibility index (Phi) is 3.37. The lowest BCUT2D eigenvalue weighted by Gasteiger charge is -2.09. The Balaban J connectivity index is 3.02. The highest BCUT2D eigenvalue weighted by Gasteiger charge is 2.25. The molecule has 8 heteroatoms. The average molecular weight is 241 g/mol. The van der Waals surface area contributed by atoms with Crippen LogP contribution in [0.15, 0.2) is 12.1 Å². The van der Waals surface area contributed by atoms with E-state index in [1.165, 1.54) is 12.1 Å². The Morgan fingerprint density at radius 1 is 1.62 bits per heavy atom. The molecule has 13 heavy (non-hydrogen) atoms. The molecule has 0 aliphatic heterocycles. The molecule has 0 aliphatic carbocycles. The van der Waals surface area contributed by atoms with E-state index in [1.54, 1.807) is 0 Å². The Morgan fingerprint density at radius 2 is 2.23 bits per heavy atom. The lowest BCUT2D eigenvalue weighted by molar-refractivity contribution is -0.502. The molecule has 1 aromatic heterocycles.